The molecular weight excluding hydrogens is 206 g/mol. The normalized spacial score (nSPS) is 15.1. The van der Waals surface area contributed by atoms with Crippen LogP contribution in [0.2, 0.25) is 0 Å². The highest BCUT2D eigenvalue weighted by Crippen LogP contribution is 2.22. The lowest BCUT2D eigenvalue weighted by atomic mass is 9.87. The van der Waals surface area contributed by atoms with E-state index in [2.05, 4.69) is 4.90 Å². The maximum Gasteiger partial charge on any atom is 0.310 e. The number of ether oxygens (including phenoxy) is 1. The Bertz CT molecular complexity index is 208. The molecule has 1 N–H and O–H groups in total. The third-order valence-corrected chi connectivity index (χ3v) is 3.07. The van der Waals surface area contributed by atoms with Crippen LogP contribution in [0.25, 0.3) is 0 Å². The number of carboxylic acids is 1. The maximum absolute atomic E-state index is 11.2. The Kier molecular flexibility index (Phi) is 7.34. The van der Waals surface area contributed by atoms with Crippen LogP contribution in [-0.2, 0) is 9.53 Å². The highest BCUT2D eigenvalue weighted by molar-refractivity contribution is 5.74. The first-order valence-corrected chi connectivity index (χ1v) is 6.03. The topological polar surface area (TPSA) is 49.8 Å². The number of hydrogen-bond donors (Lipinski definition) is 1. The van der Waals surface area contributed by atoms with Crippen LogP contribution in [0.3, 0.4) is 0 Å². The Balaban J connectivity index is 4.22. The minimum Gasteiger partial charge on any atom is -0.481 e. The number of aliphatic carboxylic acids is 1. The van der Waals surface area contributed by atoms with Gasteiger partial charge in [-0.3, -0.25) is 4.79 Å². The maximum atomic E-state index is 11.2. The molecular formula is C12H25NO3. The van der Waals surface area contributed by atoms with Gasteiger partial charge in [-0.1, -0.05) is 13.8 Å². The van der Waals surface area contributed by atoms with E-state index in [0.717, 1.165) is 13.1 Å². The first-order valence-electron chi connectivity index (χ1n) is 6.03. The summed E-state index contributed by atoms with van der Waals surface area (Å²) < 4.78 is 5.29. The lowest BCUT2D eigenvalue weighted by Gasteiger charge is -2.30. The molecule has 0 aliphatic rings. The second kappa shape index (κ2) is 7.63. The molecule has 96 valence electrons. The Morgan fingerprint density at radius 3 is 2.38 bits per heavy atom. The fourth-order valence-electron chi connectivity index (χ4n) is 1.51. The molecule has 0 aromatic carbocycles. The van der Waals surface area contributed by atoms with Gasteiger partial charge in [-0.15, -0.1) is 0 Å². The molecule has 0 aliphatic carbocycles. The first kappa shape index (κ1) is 15.4. The lowest BCUT2D eigenvalue weighted by molar-refractivity contribution is -0.149. The summed E-state index contributed by atoms with van der Waals surface area (Å²) in [7, 11) is 0. The molecule has 0 heterocycles. The van der Waals surface area contributed by atoms with E-state index in [1.165, 1.54) is 0 Å². The summed E-state index contributed by atoms with van der Waals surface area (Å²) in [5.74, 6) is -0.718. The molecule has 0 aromatic heterocycles. The molecule has 0 saturated heterocycles. The van der Waals surface area contributed by atoms with E-state index in [1.807, 2.05) is 20.8 Å². The van der Waals surface area contributed by atoms with Crippen LogP contribution in [0.1, 0.15) is 34.1 Å². The second-order valence-electron chi connectivity index (χ2n) is 4.29. The van der Waals surface area contributed by atoms with Gasteiger partial charge in [-0.05, 0) is 26.8 Å². The van der Waals surface area contributed by atoms with Crippen molar-refractivity contribution in [2.75, 3.05) is 32.8 Å². The van der Waals surface area contributed by atoms with Gasteiger partial charge < -0.3 is 14.7 Å². The van der Waals surface area contributed by atoms with Crippen molar-refractivity contribution in [3.63, 3.8) is 0 Å². The lowest BCUT2D eigenvalue weighted by Crippen LogP contribution is -2.42. The van der Waals surface area contributed by atoms with Crippen LogP contribution in [0.5, 0.6) is 0 Å². The van der Waals surface area contributed by atoms with E-state index >= 15 is 0 Å². The molecule has 0 spiro atoms. The molecule has 1 unspecified atom stereocenters. The highest BCUT2D eigenvalue weighted by atomic mass is 16.5. The first-order chi connectivity index (χ1) is 7.50. The summed E-state index contributed by atoms with van der Waals surface area (Å²) in [6.45, 7) is 11.4. The van der Waals surface area contributed by atoms with Gasteiger partial charge in [0.25, 0.3) is 0 Å². The largest absolute Gasteiger partial charge is 0.481 e. The summed E-state index contributed by atoms with van der Waals surface area (Å²) in [5, 5.41) is 9.19. The van der Waals surface area contributed by atoms with Crippen LogP contribution < -0.4 is 0 Å². The second-order valence-corrected chi connectivity index (χ2v) is 4.29. The third-order valence-electron chi connectivity index (χ3n) is 3.07. The van der Waals surface area contributed by atoms with Crippen molar-refractivity contribution in [3.05, 3.63) is 0 Å². The Hall–Kier alpha value is -0.610. The predicted octanol–water partition coefficient (Wildman–Crippen LogP) is 1.85. The van der Waals surface area contributed by atoms with Crippen LogP contribution in [0.4, 0.5) is 0 Å². The Morgan fingerprint density at radius 2 is 2.00 bits per heavy atom. The number of hydrogen-bond acceptors (Lipinski definition) is 3. The molecule has 0 radical (unpaired) electrons. The average Bonchev–Trinajstić information content (AvgIpc) is 2.27. The van der Waals surface area contributed by atoms with E-state index in [1.54, 1.807) is 6.92 Å². The van der Waals surface area contributed by atoms with E-state index in [0.29, 0.717) is 26.2 Å². The van der Waals surface area contributed by atoms with Gasteiger partial charge in [-0.25, -0.2) is 0 Å². The quantitative estimate of drug-likeness (QED) is 0.615. The standard InChI is InChI=1S/C12H25NO3/c1-5-12(4,11(14)15)10-13(6-2)8-9-16-7-3/h5-10H2,1-4H3,(H,14,15). The number of carbonyl (C=O) groups is 1. The van der Waals surface area contributed by atoms with Crippen molar-refractivity contribution in [2.45, 2.75) is 34.1 Å². The average molecular weight is 231 g/mol. The summed E-state index contributed by atoms with van der Waals surface area (Å²) >= 11 is 0. The summed E-state index contributed by atoms with van der Waals surface area (Å²) in [6, 6.07) is 0. The smallest absolute Gasteiger partial charge is 0.310 e. The summed E-state index contributed by atoms with van der Waals surface area (Å²) in [5.41, 5.74) is -0.651. The van der Waals surface area contributed by atoms with Crippen molar-refractivity contribution in [2.24, 2.45) is 5.41 Å². The van der Waals surface area contributed by atoms with Crippen LogP contribution in [0.15, 0.2) is 0 Å². The summed E-state index contributed by atoms with van der Waals surface area (Å²) in [4.78, 5) is 13.3. The van der Waals surface area contributed by atoms with E-state index in [-0.39, 0.29) is 0 Å². The van der Waals surface area contributed by atoms with Crippen LogP contribution in [0, 0.1) is 5.41 Å². The van der Waals surface area contributed by atoms with Crippen molar-refractivity contribution >= 4 is 5.97 Å². The Morgan fingerprint density at radius 1 is 1.38 bits per heavy atom. The van der Waals surface area contributed by atoms with Gasteiger partial charge in [0.1, 0.15) is 0 Å². The van der Waals surface area contributed by atoms with Crippen molar-refractivity contribution < 1.29 is 14.6 Å². The molecule has 1 atom stereocenters. The summed E-state index contributed by atoms with van der Waals surface area (Å²) in [6.07, 6.45) is 0.646. The van der Waals surface area contributed by atoms with Gasteiger partial charge in [0, 0.05) is 19.7 Å². The van der Waals surface area contributed by atoms with Crippen molar-refractivity contribution in [3.8, 4) is 0 Å². The molecule has 0 aliphatic heterocycles. The van der Waals surface area contributed by atoms with Gasteiger partial charge >= 0.3 is 5.97 Å². The fourth-order valence-corrected chi connectivity index (χ4v) is 1.51. The van der Waals surface area contributed by atoms with Crippen LogP contribution in [-0.4, -0.2) is 48.8 Å². The van der Waals surface area contributed by atoms with Gasteiger partial charge in [-0.2, -0.15) is 0 Å². The van der Waals surface area contributed by atoms with Gasteiger partial charge in [0.2, 0.25) is 0 Å². The molecule has 4 nitrogen and oxygen atoms in total. The molecule has 0 fully saturated rings. The predicted molar refractivity (Wildman–Crippen MR) is 64.6 cm³/mol. The van der Waals surface area contributed by atoms with Crippen LogP contribution >= 0.6 is 0 Å². The number of carboxylic acid groups (broad SMARTS) is 1. The fraction of sp³-hybridized carbons (Fsp3) is 0.917. The van der Waals surface area contributed by atoms with Crippen molar-refractivity contribution in [1.29, 1.82) is 0 Å². The van der Waals surface area contributed by atoms with E-state index in [4.69, 9.17) is 4.74 Å². The van der Waals surface area contributed by atoms with Crippen molar-refractivity contribution in [1.82, 2.24) is 4.90 Å². The molecule has 4 heteroatoms. The van der Waals surface area contributed by atoms with Gasteiger partial charge in [0.05, 0.1) is 12.0 Å². The van der Waals surface area contributed by atoms with E-state index in [9.17, 15) is 9.90 Å². The monoisotopic (exact) mass is 231 g/mol. The highest BCUT2D eigenvalue weighted by Gasteiger charge is 2.32. The SMILES string of the molecule is CCOCCN(CC)CC(C)(CC)C(=O)O. The molecule has 0 aromatic rings. The molecule has 0 amide bonds. The number of nitrogens with zero attached hydrogens (tertiary/aromatic N) is 1. The molecule has 0 bridgehead atoms. The minimum absolute atomic E-state index is 0.586. The zero-order valence-corrected chi connectivity index (χ0v) is 11.0. The molecule has 0 saturated carbocycles. The van der Waals surface area contributed by atoms with E-state index < -0.39 is 11.4 Å². The minimum atomic E-state index is -0.718. The third kappa shape index (κ3) is 4.94. The number of likely N-dealkylation sites (N-methyl/N-ethyl adjacent to an activating group) is 1. The number of rotatable bonds is 9. The zero-order chi connectivity index (χ0) is 12.6. The molecule has 16 heavy (non-hydrogen) atoms. The van der Waals surface area contributed by atoms with Gasteiger partial charge in [0.15, 0.2) is 0 Å². The zero-order valence-electron chi connectivity index (χ0n) is 11.0. The molecule has 0 rings (SSSR count). The Labute approximate surface area is 98.6 Å².